The molecule has 1 aliphatic carbocycles. The molecule has 1 amide bonds. The molecule has 3 N–H and O–H groups in total. The van der Waals surface area contributed by atoms with E-state index in [4.69, 9.17) is 5.73 Å². The minimum Gasteiger partial charge on any atom is -0.369 e. The Morgan fingerprint density at radius 2 is 1.85 bits per heavy atom. The quantitative estimate of drug-likeness (QED) is 0.695. The zero-order valence-electron chi connectivity index (χ0n) is 7.71. The Bertz CT molecular complexity index is 198. The van der Waals surface area contributed by atoms with Crippen LogP contribution in [0.2, 0.25) is 0 Å². The molecule has 4 heteroatoms. The van der Waals surface area contributed by atoms with Gasteiger partial charge >= 0.3 is 0 Å². The van der Waals surface area contributed by atoms with Crippen LogP contribution < -0.4 is 11.1 Å². The Hall–Kier alpha value is -0.280. The Kier molecular flexibility index (Phi) is 3.19. The summed E-state index contributed by atoms with van der Waals surface area (Å²) in [5.41, 5.74) is 5.32. The van der Waals surface area contributed by atoms with Crippen molar-refractivity contribution in [3.05, 3.63) is 0 Å². The third-order valence-corrected chi connectivity index (χ3v) is 3.40. The van der Waals surface area contributed by atoms with Crippen molar-refractivity contribution in [2.75, 3.05) is 13.1 Å². The second-order valence-corrected chi connectivity index (χ2v) is 4.04. The average Bonchev–Trinajstić information content (AvgIpc) is 2.86. The summed E-state index contributed by atoms with van der Waals surface area (Å²) >= 11 is 0. The summed E-state index contributed by atoms with van der Waals surface area (Å²) in [6.45, 7) is 2.11. The van der Waals surface area contributed by atoms with Crippen LogP contribution in [0, 0.1) is 11.3 Å². The lowest BCUT2D eigenvalue weighted by Crippen LogP contribution is -2.38. The molecule has 0 atom stereocenters. The summed E-state index contributed by atoms with van der Waals surface area (Å²) in [6, 6.07) is 0. The number of primary amides is 1. The van der Waals surface area contributed by atoms with Crippen molar-refractivity contribution in [3.8, 4) is 0 Å². The highest BCUT2D eigenvalue weighted by Gasteiger charge is 2.53. The van der Waals surface area contributed by atoms with Gasteiger partial charge in [0.05, 0.1) is 5.41 Å². The molecular weight excluding hydrogens is 188 g/mol. The number of amides is 1. The van der Waals surface area contributed by atoms with E-state index >= 15 is 0 Å². The lowest BCUT2D eigenvalue weighted by Gasteiger charge is -2.28. The fourth-order valence-corrected chi connectivity index (χ4v) is 2.37. The van der Waals surface area contributed by atoms with Gasteiger partial charge in [-0.2, -0.15) is 0 Å². The van der Waals surface area contributed by atoms with Crippen molar-refractivity contribution in [2.24, 2.45) is 17.1 Å². The minimum atomic E-state index is -0.0812. The summed E-state index contributed by atoms with van der Waals surface area (Å²) in [6.07, 6.45) is 4.33. The molecule has 0 bridgehead atoms. The standard InChI is InChI=1S/C9H16N2O.ClH/c10-8(12)9(3-4-9)7-1-5-11-6-2-7;/h7,11H,1-6H2,(H2,10,12);1H. The third-order valence-electron chi connectivity index (χ3n) is 3.40. The minimum absolute atomic E-state index is 0. The highest BCUT2D eigenvalue weighted by Crippen LogP contribution is 2.54. The maximum absolute atomic E-state index is 11.2. The average molecular weight is 205 g/mol. The molecule has 2 fully saturated rings. The molecule has 0 unspecified atom stereocenters. The zero-order valence-corrected chi connectivity index (χ0v) is 8.53. The van der Waals surface area contributed by atoms with Gasteiger partial charge in [0.2, 0.25) is 5.91 Å². The van der Waals surface area contributed by atoms with Crippen LogP contribution in [0.5, 0.6) is 0 Å². The van der Waals surface area contributed by atoms with E-state index in [1.165, 1.54) is 0 Å². The number of carbonyl (C=O) groups excluding carboxylic acids is 1. The van der Waals surface area contributed by atoms with E-state index in [9.17, 15) is 4.79 Å². The molecule has 2 rings (SSSR count). The lowest BCUT2D eigenvalue weighted by atomic mass is 9.81. The maximum Gasteiger partial charge on any atom is 0.223 e. The van der Waals surface area contributed by atoms with E-state index in [-0.39, 0.29) is 23.7 Å². The summed E-state index contributed by atoms with van der Waals surface area (Å²) in [4.78, 5) is 11.2. The van der Waals surface area contributed by atoms with Crippen molar-refractivity contribution in [1.29, 1.82) is 0 Å². The first-order valence-electron chi connectivity index (χ1n) is 4.76. The molecule has 1 aliphatic heterocycles. The monoisotopic (exact) mass is 204 g/mol. The number of halogens is 1. The lowest BCUT2D eigenvalue weighted by molar-refractivity contribution is -0.125. The third kappa shape index (κ3) is 1.81. The van der Waals surface area contributed by atoms with Gasteiger partial charge in [-0.05, 0) is 44.7 Å². The number of nitrogens with one attached hydrogen (secondary N) is 1. The number of piperidine rings is 1. The van der Waals surface area contributed by atoms with Crippen LogP contribution in [0.4, 0.5) is 0 Å². The molecule has 1 heterocycles. The summed E-state index contributed by atoms with van der Waals surface area (Å²) < 4.78 is 0. The summed E-state index contributed by atoms with van der Waals surface area (Å²) in [5, 5.41) is 3.30. The summed E-state index contributed by atoms with van der Waals surface area (Å²) in [7, 11) is 0. The largest absolute Gasteiger partial charge is 0.369 e. The van der Waals surface area contributed by atoms with Gasteiger partial charge in [0.25, 0.3) is 0 Å². The topological polar surface area (TPSA) is 55.1 Å². The molecule has 0 spiro atoms. The highest BCUT2D eigenvalue weighted by atomic mass is 35.5. The predicted octanol–water partition coefficient (Wildman–Crippen LogP) is 0.673. The van der Waals surface area contributed by atoms with Crippen LogP contribution in [-0.2, 0) is 4.79 Å². The van der Waals surface area contributed by atoms with E-state index in [0.29, 0.717) is 5.92 Å². The second kappa shape index (κ2) is 3.84. The van der Waals surface area contributed by atoms with Crippen LogP contribution in [0.1, 0.15) is 25.7 Å². The van der Waals surface area contributed by atoms with Gasteiger partial charge in [-0.15, -0.1) is 12.4 Å². The molecule has 13 heavy (non-hydrogen) atoms. The van der Waals surface area contributed by atoms with Crippen LogP contribution in [0.25, 0.3) is 0 Å². The van der Waals surface area contributed by atoms with Crippen LogP contribution in [0.15, 0.2) is 0 Å². The number of nitrogens with two attached hydrogens (primary N) is 1. The molecule has 3 nitrogen and oxygen atoms in total. The number of rotatable bonds is 2. The van der Waals surface area contributed by atoms with Gasteiger partial charge in [0.1, 0.15) is 0 Å². The number of carbonyl (C=O) groups is 1. The molecule has 1 saturated heterocycles. The van der Waals surface area contributed by atoms with Crippen LogP contribution in [0.3, 0.4) is 0 Å². The SMILES string of the molecule is Cl.NC(=O)C1(C2CCNCC2)CC1. The molecule has 0 aromatic carbocycles. The van der Waals surface area contributed by atoms with Crippen molar-refractivity contribution in [2.45, 2.75) is 25.7 Å². The molecule has 0 aromatic heterocycles. The fourth-order valence-electron chi connectivity index (χ4n) is 2.37. The first-order chi connectivity index (χ1) is 5.76. The van der Waals surface area contributed by atoms with E-state index < -0.39 is 0 Å². The van der Waals surface area contributed by atoms with E-state index in [2.05, 4.69) is 5.32 Å². The van der Waals surface area contributed by atoms with E-state index in [1.54, 1.807) is 0 Å². The van der Waals surface area contributed by atoms with Gasteiger partial charge < -0.3 is 11.1 Å². The maximum atomic E-state index is 11.2. The molecule has 76 valence electrons. The molecule has 0 aromatic rings. The second-order valence-electron chi connectivity index (χ2n) is 4.04. The molecule has 1 saturated carbocycles. The highest BCUT2D eigenvalue weighted by molar-refractivity contribution is 5.85. The first kappa shape index (κ1) is 10.8. The van der Waals surface area contributed by atoms with E-state index in [0.717, 1.165) is 38.8 Å². The number of hydrogen-bond donors (Lipinski definition) is 2. The van der Waals surface area contributed by atoms with Gasteiger partial charge in [-0.3, -0.25) is 4.79 Å². The molecular formula is C9H17ClN2O. The normalized spacial score (nSPS) is 26.2. The predicted molar refractivity (Wildman–Crippen MR) is 53.7 cm³/mol. The zero-order chi connectivity index (χ0) is 8.60. The Balaban J connectivity index is 0.000000845. The Morgan fingerprint density at radius 3 is 2.23 bits per heavy atom. The fraction of sp³-hybridized carbons (Fsp3) is 0.889. The van der Waals surface area contributed by atoms with Gasteiger partial charge in [-0.1, -0.05) is 0 Å². The van der Waals surface area contributed by atoms with Crippen molar-refractivity contribution >= 4 is 18.3 Å². The number of hydrogen-bond acceptors (Lipinski definition) is 2. The van der Waals surface area contributed by atoms with Crippen LogP contribution >= 0.6 is 12.4 Å². The molecule has 2 aliphatic rings. The first-order valence-corrected chi connectivity index (χ1v) is 4.76. The van der Waals surface area contributed by atoms with Gasteiger partial charge in [-0.25, -0.2) is 0 Å². The van der Waals surface area contributed by atoms with Gasteiger partial charge in [0, 0.05) is 0 Å². The summed E-state index contributed by atoms with van der Waals surface area (Å²) in [5.74, 6) is 0.505. The molecule has 0 radical (unpaired) electrons. The smallest absolute Gasteiger partial charge is 0.223 e. The van der Waals surface area contributed by atoms with Crippen molar-refractivity contribution in [3.63, 3.8) is 0 Å². The Labute approximate surface area is 84.9 Å². The Morgan fingerprint density at radius 1 is 1.31 bits per heavy atom. The van der Waals surface area contributed by atoms with Crippen LogP contribution in [-0.4, -0.2) is 19.0 Å². The van der Waals surface area contributed by atoms with Crippen molar-refractivity contribution in [1.82, 2.24) is 5.32 Å². The van der Waals surface area contributed by atoms with Gasteiger partial charge in [0.15, 0.2) is 0 Å². The van der Waals surface area contributed by atoms with E-state index in [1.807, 2.05) is 0 Å². The van der Waals surface area contributed by atoms with Crippen molar-refractivity contribution < 1.29 is 4.79 Å².